The van der Waals surface area contributed by atoms with Gasteiger partial charge in [-0.15, -0.1) is 0 Å². The zero-order valence-corrected chi connectivity index (χ0v) is 12.4. The predicted octanol–water partition coefficient (Wildman–Crippen LogP) is 5.12. The molecule has 0 spiro atoms. The van der Waals surface area contributed by atoms with Gasteiger partial charge in [0.15, 0.2) is 0 Å². The van der Waals surface area contributed by atoms with Crippen molar-refractivity contribution in [2.45, 2.75) is 0 Å². The Morgan fingerprint density at radius 3 is 2.17 bits per heavy atom. The number of halogens is 2. The normalized spacial score (nSPS) is 10.4. The van der Waals surface area contributed by atoms with E-state index >= 15 is 0 Å². The van der Waals surface area contributed by atoms with E-state index in [1.165, 1.54) is 6.07 Å². The molecule has 3 nitrogen and oxygen atoms in total. The first-order valence-corrected chi connectivity index (χ1v) is 7.10. The number of aromatic carboxylic acids is 1. The molecule has 120 valence electrons. The quantitative estimate of drug-likeness (QED) is 0.723. The van der Waals surface area contributed by atoms with Gasteiger partial charge in [0.1, 0.15) is 28.7 Å². The lowest BCUT2D eigenvalue weighted by Gasteiger charge is -2.14. The molecule has 1 N–H and O–H groups in total. The van der Waals surface area contributed by atoms with Crippen LogP contribution in [0, 0.1) is 11.6 Å². The minimum Gasteiger partial charge on any atom is -0.478 e. The summed E-state index contributed by atoms with van der Waals surface area (Å²) in [6, 6.07) is 16.4. The first kappa shape index (κ1) is 15.7. The van der Waals surface area contributed by atoms with E-state index in [9.17, 15) is 18.7 Å². The Bertz CT molecular complexity index is 872. The lowest BCUT2D eigenvalue weighted by molar-refractivity contribution is 0.0694. The summed E-state index contributed by atoms with van der Waals surface area (Å²) in [5, 5.41) is 9.40. The van der Waals surface area contributed by atoms with Gasteiger partial charge in [0.2, 0.25) is 0 Å². The summed E-state index contributed by atoms with van der Waals surface area (Å²) in [4.78, 5) is 11.5. The molecule has 0 bridgehead atoms. The molecule has 0 amide bonds. The number of ether oxygens (including phenoxy) is 1. The topological polar surface area (TPSA) is 46.5 Å². The molecule has 0 saturated carbocycles. The fraction of sp³-hybridized carbons (Fsp3) is 0. The molecule has 3 aromatic rings. The minimum atomic E-state index is -1.19. The van der Waals surface area contributed by atoms with Gasteiger partial charge < -0.3 is 9.84 Å². The first-order chi connectivity index (χ1) is 11.5. The smallest absolute Gasteiger partial charge is 0.339 e. The van der Waals surface area contributed by atoms with E-state index in [4.69, 9.17) is 4.74 Å². The van der Waals surface area contributed by atoms with Gasteiger partial charge in [-0.1, -0.05) is 42.5 Å². The van der Waals surface area contributed by atoms with Crippen molar-refractivity contribution < 1.29 is 23.4 Å². The maximum Gasteiger partial charge on any atom is 0.339 e. The Kier molecular flexibility index (Phi) is 4.24. The number of para-hydroxylation sites is 1. The van der Waals surface area contributed by atoms with Crippen LogP contribution in [-0.2, 0) is 0 Å². The third-order valence-corrected chi connectivity index (χ3v) is 3.39. The van der Waals surface area contributed by atoms with Crippen molar-refractivity contribution in [1.29, 1.82) is 0 Å². The molecule has 0 aromatic heterocycles. The van der Waals surface area contributed by atoms with E-state index < -0.39 is 17.6 Å². The molecule has 0 aliphatic carbocycles. The summed E-state index contributed by atoms with van der Waals surface area (Å²) in [5.41, 5.74) is 1.15. The van der Waals surface area contributed by atoms with Gasteiger partial charge in [-0.3, -0.25) is 0 Å². The van der Waals surface area contributed by atoms with Crippen molar-refractivity contribution in [3.05, 3.63) is 83.9 Å². The molecule has 0 unspecified atom stereocenters. The molecule has 0 aliphatic rings. The third kappa shape index (κ3) is 3.25. The zero-order chi connectivity index (χ0) is 17.1. The Balaban J connectivity index is 2.15. The molecular weight excluding hydrogens is 314 g/mol. The van der Waals surface area contributed by atoms with E-state index in [2.05, 4.69) is 0 Å². The lowest BCUT2D eigenvalue weighted by Crippen LogP contribution is -2.02. The second-order valence-corrected chi connectivity index (χ2v) is 5.06. The molecule has 3 rings (SSSR count). The summed E-state index contributed by atoms with van der Waals surface area (Å²) in [6.07, 6.45) is 0. The molecule has 0 aliphatic heterocycles. The van der Waals surface area contributed by atoms with Crippen molar-refractivity contribution >= 4 is 5.97 Å². The van der Waals surface area contributed by atoms with Gasteiger partial charge in [-0.25, -0.2) is 13.6 Å². The van der Waals surface area contributed by atoms with Gasteiger partial charge in [-0.2, -0.15) is 0 Å². The zero-order valence-electron chi connectivity index (χ0n) is 12.4. The van der Waals surface area contributed by atoms with Crippen molar-refractivity contribution in [3.8, 4) is 22.6 Å². The number of rotatable bonds is 4. The van der Waals surface area contributed by atoms with Crippen LogP contribution < -0.4 is 4.74 Å². The van der Waals surface area contributed by atoms with Gasteiger partial charge >= 0.3 is 5.97 Å². The first-order valence-electron chi connectivity index (χ1n) is 7.10. The Morgan fingerprint density at radius 2 is 1.54 bits per heavy atom. The molecule has 3 aromatic carbocycles. The van der Waals surface area contributed by atoms with E-state index in [1.54, 1.807) is 36.4 Å². The monoisotopic (exact) mass is 326 g/mol. The number of carboxylic acids is 1. The van der Waals surface area contributed by atoms with Crippen molar-refractivity contribution in [3.63, 3.8) is 0 Å². The lowest BCUT2D eigenvalue weighted by atomic mass is 10.0. The standard InChI is InChI=1S/C19H12F2O3/c20-13-9-14(21)11-15(10-13)24-18-16(12-5-2-1-3-6-12)7-4-8-17(18)19(22)23/h1-11H,(H,22,23). The minimum absolute atomic E-state index is 0.0289. The van der Waals surface area contributed by atoms with Crippen LogP contribution in [0.25, 0.3) is 11.1 Å². The summed E-state index contributed by atoms with van der Waals surface area (Å²) in [5.74, 6) is -2.89. The summed E-state index contributed by atoms with van der Waals surface area (Å²) in [7, 11) is 0. The number of hydrogen-bond donors (Lipinski definition) is 1. The molecule has 5 heteroatoms. The second-order valence-electron chi connectivity index (χ2n) is 5.06. The largest absolute Gasteiger partial charge is 0.478 e. The number of carboxylic acid groups (broad SMARTS) is 1. The van der Waals surface area contributed by atoms with Gasteiger partial charge in [0, 0.05) is 23.8 Å². The maximum absolute atomic E-state index is 13.4. The van der Waals surface area contributed by atoms with Crippen molar-refractivity contribution in [2.75, 3.05) is 0 Å². The molecule has 0 radical (unpaired) electrons. The Morgan fingerprint density at radius 1 is 0.875 bits per heavy atom. The highest BCUT2D eigenvalue weighted by Gasteiger charge is 2.18. The van der Waals surface area contributed by atoms with Gasteiger partial charge in [0.05, 0.1) is 0 Å². The van der Waals surface area contributed by atoms with Crippen LogP contribution in [-0.4, -0.2) is 11.1 Å². The second kappa shape index (κ2) is 6.50. The van der Waals surface area contributed by atoms with Gasteiger partial charge in [-0.05, 0) is 11.6 Å². The maximum atomic E-state index is 13.4. The molecule has 24 heavy (non-hydrogen) atoms. The fourth-order valence-corrected chi connectivity index (χ4v) is 2.37. The average Bonchev–Trinajstić information content (AvgIpc) is 2.54. The van der Waals surface area contributed by atoms with Crippen molar-refractivity contribution in [2.24, 2.45) is 0 Å². The molecule has 0 saturated heterocycles. The van der Waals surface area contributed by atoms with Crippen LogP contribution in [0.2, 0.25) is 0 Å². The Labute approximate surface area is 136 Å². The predicted molar refractivity (Wildman–Crippen MR) is 85.3 cm³/mol. The summed E-state index contributed by atoms with van der Waals surface area (Å²) >= 11 is 0. The summed E-state index contributed by atoms with van der Waals surface area (Å²) in [6.45, 7) is 0. The van der Waals surface area contributed by atoms with Crippen LogP contribution in [0.1, 0.15) is 10.4 Å². The molecule has 0 atom stereocenters. The van der Waals surface area contributed by atoms with Crippen LogP contribution >= 0.6 is 0 Å². The van der Waals surface area contributed by atoms with Gasteiger partial charge in [0.25, 0.3) is 0 Å². The van der Waals surface area contributed by atoms with E-state index in [0.717, 1.165) is 17.7 Å². The highest BCUT2D eigenvalue weighted by Crippen LogP contribution is 2.36. The van der Waals surface area contributed by atoms with Crippen LogP contribution in [0.5, 0.6) is 11.5 Å². The molecule has 0 heterocycles. The van der Waals surface area contributed by atoms with Crippen LogP contribution in [0.4, 0.5) is 8.78 Å². The van der Waals surface area contributed by atoms with Crippen LogP contribution in [0.15, 0.2) is 66.7 Å². The SMILES string of the molecule is O=C(O)c1cccc(-c2ccccc2)c1Oc1cc(F)cc(F)c1. The van der Waals surface area contributed by atoms with Crippen LogP contribution in [0.3, 0.4) is 0 Å². The number of hydrogen-bond acceptors (Lipinski definition) is 2. The molecular formula is C19H12F2O3. The van der Waals surface area contributed by atoms with Crippen molar-refractivity contribution in [1.82, 2.24) is 0 Å². The fourth-order valence-electron chi connectivity index (χ4n) is 2.37. The third-order valence-electron chi connectivity index (χ3n) is 3.39. The number of carbonyl (C=O) groups is 1. The molecule has 0 fully saturated rings. The Hall–Kier alpha value is -3.21. The van der Waals surface area contributed by atoms with E-state index in [0.29, 0.717) is 11.6 Å². The highest BCUT2D eigenvalue weighted by atomic mass is 19.1. The average molecular weight is 326 g/mol. The number of benzene rings is 3. The van der Waals surface area contributed by atoms with E-state index in [1.807, 2.05) is 6.07 Å². The summed E-state index contributed by atoms with van der Waals surface area (Å²) < 4.78 is 32.3. The highest BCUT2D eigenvalue weighted by molar-refractivity contribution is 5.94. The van der Waals surface area contributed by atoms with E-state index in [-0.39, 0.29) is 17.1 Å².